The fraction of sp³-hybridized carbons (Fsp3) is 0.294. The van der Waals surface area contributed by atoms with Crippen LogP contribution in [0.5, 0.6) is 0 Å². The summed E-state index contributed by atoms with van der Waals surface area (Å²) >= 11 is 0. The first-order valence-electron chi connectivity index (χ1n) is 7.00. The second-order valence-corrected chi connectivity index (χ2v) is 5.32. The van der Waals surface area contributed by atoms with E-state index in [1.165, 1.54) is 36.0 Å². The van der Waals surface area contributed by atoms with Gasteiger partial charge in [-0.15, -0.1) is 0 Å². The predicted octanol–water partition coefficient (Wildman–Crippen LogP) is 3.66. The van der Waals surface area contributed by atoms with Crippen molar-refractivity contribution < 1.29 is 0 Å². The van der Waals surface area contributed by atoms with Crippen LogP contribution in [0.4, 0.5) is 0 Å². The molecule has 0 amide bonds. The summed E-state index contributed by atoms with van der Waals surface area (Å²) in [6.07, 6.45) is 3.91. The first kappa shape index (κ1) is 12.4. The first-order chi connectivity index (χ1) is 9.38. The minimum atomic E-state index is 0.304. The summed E-state index contributed by atoms with van der Waals surface area (Å²) in [4.78, 5) is 0. The van der Waals surface area contributed by atoms with Crippen molar-refractivity contribution in [3.05, 3.63) is 60.2 Å². The fourth-order valence-electron chi connectivity index (χ4n) is 2.79. The average molecular weight is 252 g/mol. The maximum Gasteiger partial charge on any atom is 0.0488 e. The van der Waals surface area contributed by atoms with E-state index >= 15 is 0 Å². The third kappa shape index (κ3) is 2.55. The molecule has 0 heterocycles. The molecule has 1 saturated carbocycles. The highest BCUT2D eigenvalue weighted by molar-refractivity contribution is 5.63. The maximum atomic E-state index is 5.71. The molecule has 3 rings (SSSR count). The third-order valence-corrected chi connectivity index (χ3v) is 4.18. The summed E-state index contributed by atoms with van der Waals surface area (Å²) in [5, 5.41) is 0. The number of rotatable bonds is 4. The Morgan fingerprint density at radius 2 is 1.53 bits per heavy atom. The average Bonchev–Trinajstić information content (AvgIpc) is 2.44. The number of nitrogens with two attached hydrogens (primary N) is 1. The van der Waals surface area contributed by atoms with Crippen molar-refractivity contribution in [2.45, 2.75) is 25.3 Å². The van der Waals surface area contributed by atoms with Crippen LogP contribution in [0.3, 0.4) is 0 Å². The van der Waals surface area contributed by atoms with Gasteiger partial charge in [0.05, 0.1) is 0 Å². The van der Waals surface area contributed by atoms with Crippen molar-refractivity contribution in [1.82, 2.24) is 5.43 Å². The van der Waals surface area contributed by atoms with Gasteiger partial charge in [-0.25, -0.2) is 0 Å². The van der Waals surface area contributed by atoms with Gasteiger partial charge in [0, 0.05) is 6.04 Å². The molecule has 3 N–H and O–H groups in total. The van der Waals surface area contributed by atoms with E-state index in [4.69, 9.17) is 5.84 Å². The quantitative estimate of drug-likeness (QED) is 0.644. The number of hydrazine groups is 1. The van der Waals surface area contributed by atoms with Crippen molar-refractivity contribution in [1.29, 1.82) is 0 Å². The van der Waals surface area contributed by atoms with E-state index in [9.17, 15) is 0 Å². The second kappa shape index (κ2) is 5.55. The van der Waals surface area contributed by atoms with E-state index in [2.05, 4.69) is 54.0 Å². The number of nitrogens with one attached hydrogen (secondary N) is 1. The smallest absolute Gasteiger partial charge is 0.0488 e. The minimum Gasteiger partial charge on any atom is -0.271 e. The van der Waals surface area contributed by atoms with Crippen molar-refractivity contribution in [2.24, 2.45) is 11.8 Å². The molecule has 1 aliphatic carbocycles. The Morgan fingerprint density at radius 1 is 0.895 bits per heavy atom. The van der Waals surface area contributed by atoms with Crippen LogP contribution in [0, 0.1) is 5.92 Å². The van der Waals surface area contributed by atoms with Crippen LogP contribution in [0.25, 0.3) is 11.1 Å². The maximum absolute atomic E-state index is 5.71. The van der Waals surface area contributed by atoms with Crippen molar-refractivity contribution in [3.8, 4) is 11.1 Å². The van der Waals surface area contributed by atoms with Crippen molar-refractivity contribution in [2.75, 3.05) is 0 Å². The van der Waals surface area contributed by atoms with Crippen LogP contribution in [0.2, 0.25) is 0 Å². The molecule has 2 aromatic carbocycles. The van der Waals surface area contributed by atoms with Gasteiger partial charge in [0.25, 0.3) is 0 Å². The number of benzene rings is 2. The van der Waals surface area contributed by atoms with E-state index in [0.29, 0.717) is 12.0 Å². The molecule has 0 aliphatic heterocycles. The lowest BCUT2D eigenvalue weighted by Gasteiger charge is -2.33. The molecule has 0 bridgehead atoms. The molecule has 2 heteroatoms. The molecule has 0 radical (unpaired) electrons. The molecule has 0 saturated heterocycles. The lowest BCUT2D eigenvalue weighted by atomic mass is 9.77. The van der Waals surface area contributed by atoms with Crippen LogP contribution in [0.15, 0.2) is 54.6 Å². The number of hydrogen-bond acceptors (Lipinski definition) is 2. The summed E-state index contributed by atoms with van der Waals surface area (Å²) in [6, 6.07) is 19.5. The largest absolute Gasteiger partial charge is 0.271 e. The van der Waals surface area contributed by atoms with Gasteiger partial charge < -0.3 is 0 Å². The Balaban J connectivity index is 1.82. The summed E-state index contributed by atoms with van der Waals surface area (Å²) in [7, 11) is 0. The molecule has 1 atom stereocenters. The van der Waals surface area contributed by atoms with E-state index in [1.807, 2.05) is 6.07 Å². The van der Waals surface area contributed by atoms with E-state index in [-0.39, 0.29) is 0 Å². The van der Waals surface area contributed by atoms with Gasteiger partial charge in [-0.1, -0.05) is 61.0 Å². The normalized spacial score (nSPS) is 16.9. The van der Waals surface area contributed by atoms with Gasteiger partial charge in [-0.05, 0) is 35.4 Å². The summed E-state index contributed by atoms with van der Waals surface area (Å²) in [6.45, 7) is 0. The molecular weight excluding hydrogens is 232 g/mol. The highest BCUT2D eigenvalue weighted by Gasteiger charge is 2.27. The zero-order valence-corrected chi connectivity index (χ0v) is 11.0. The van der Waals surface area contributed by atoms with E-state index in [1.54, 1.807) is 0 Å². The van der Waals surface area contributed by atoms with Crippen LogP contribution < -0.4 is 11.3 Å². The van der Waals surface area contributed by atoms with Crippen molar-refractivity contribution >= 4 is 0 Å². The van der Waals surface area contributed by atoms with E-state index < -0.39 is 0 Å². The highest BCUT2D eigenvalue weighted by Crippen LogP contribution is 2.37. The topological polar surface area (TPSA) is 38.0 Å². The van der Waals surface area contributed by atoms with E-state index in [0.717, 1.165) is 0 Å². The van der Waals surface area contributed by atoms with Gasteiger partial charge in [-0.3, -0.25) is 11.3 Å². The Hall–Kier alpha value is -1.64. The monoisotopic (exact) mass is 252 g/mol. The molecule has 2 aromatic rings. The van der Waals surface area contributed by atoms with Crippen molar-refractivity contribution in [3.63, 3.8) is 0 Å². The van der Waals surface area contributed by atoms with Crippen LogP contribution in [-0.4, -0.2) is 0 Å². The molecule has 0 aromatic heterocycles. The summed E-state index contributed by atoms with van der Waals surface area (Å²) in [5.74, 6) is 6.42. The highest BCUT2D eigenvalue weighted by atomic mass is 15.2. The minimum absolute atomic E-state index is 0.304. The Morgan fingerprint density at radius 3 is 2.05 bits per heavy atom. The lowest BCUT2D eigenvalue weighted by molar-refractivity contribution is 0.232. The standard InChI is InChI=1S/C17H20N2/c18-19-17(15-7-4-8-15)16-11-9-14(10-12-16)13-5-2-1-3-6-13/h1-3,5-6,9-12,15,17,19H,4,7-8,18H2. The molecule has 0 spiro atoms. The molecule has 2 nitrogen and oxygen atoms in total. The molecule has 98 valence electrons. The lowest BCUT2D eigenvalue weighted by Crippen LogP contribution is -2.36. The van der Waals surface area contributed by atoms with Gasteiger partial charge in [0.2, 0.25) is 0 Å². The fourth-order valence-corrected chi connectivity index (χ4v) is 2.79. The summed E-state index contributed by atoms with van der Waals surface area (Å²) < 4.78 is 0. The molecule has 1 aliphatic rings. The molecule has 1 fully saturated rings. The molecule has 19 heavy (non-hydrogen) atoms. The Labute approximate surface area is 114 Å². The van der Waals surface area contributed by atoms with Crippen LogP contribution in [0.1, 0.15) is 30.9 Å². The predicted molar refractivity (Wildman–Crippen MR) is 79.3 cm³/mol. The molecule has 1 unspecified atom stereocenters. The van der Waals surface area contributed by atoms with Gasteiger partial charge >= 0.3 is 0 Å². The Bertz CT molecular complexity index is 515. The van der Waals surface area contributed by atoms with Gasteiger partial charge in [-0.2, -0.15) is 0 Å². The van der Waals surface area contributed by atoms with Crippen LogP contribution in [-0.2, 0) is 0 Å². The third-order valence-electron chi connectivity index (χ3n) is 4.18. The summed E-state index contributed by atoms with van der Waals surface area (Å²) in [5.41, 5.74) is 6.79. The number of hydrogen-bond donors (Lipinski definition) is 2. The van der Waals surface area contributed by atoms with Gasteiger partial charge in [0.15, 0.2) is 0 Å². The zero-order valence-electron chi connectivity index (χ0n) is 11.0. The molecular formula is C17H20N2. The SMILES string of the molecule is NNC(c1ccc(-c2ccccc2)cc1)C1CCC1. The van der Waals surface area contributed by atoms with Gasteiger partial charge in [0.1, 0.15) is 0 Å². The first-order valence-corrected chi connectivity index (χ1v) is 7.00. The second-order valence-electron chi connectivity index (χ2n) is 5.32. The van der Waals surface area contributed by atoms with Crippen LogP contribution >= 0.6 is 0 Å². The zero-order chi connectivity index (χ0) is 13.1. The Kier molecular flexibility index (Phi) is 3.62.